The molecule has 1 heterocycles. The highest BCUT2D eigenvalue weighted by Gasteiger charge is 2.57. The number of alkyl halides is 3. The van der Waals surface area contributed by atoms with Crippen molar-refractivity contribution in [1.29, 1.82) is 0 Å². The van der Waals surface area contributed by atoms with E-state index in [0.717, 1.165) is 10.8 Å². The lowest BCUT2D eigenvalue weighted by Crippen LogP contribution is -2.45. The van der Waals surface area contributed by atoms with Gasteiger partial charge in [-0.25, -0.2) is 4.98 Å². The molecule has 0 radical (unpaired) electrons. The molecule has 0 fully saturated rings. The molecule has 2 N–H and O–H groups in total. The summed E-state index contributed by atoms with van der Waals surface area (Å²) in [6.45, 7) is -0.340. The second-order valence-corrected chi connectivity index (χ2v) is 5.17. The first kappa shape index (κ1) is 17.7. The third-order valence-electron chi connectivity index (χ3n) is 3.56. The first-order chi connectivity index (χ1) is 11.2. The Balaban J connectivity index is 2.19. The number of benzene rings is 1. The molecule has 130 valence electrons. The summed E-state index contributed by atoms with van der Waals surface area (Å²) in [5.74, 6) is -0.542. The second kappa shape index (κ2) is 6.48. The predicted molar refractivity (Wildman–Crippen MR) is 79.4 cm³/mol. The first-order valence-electron chi connectivity index (χ1n) is 6.91. The fourth-order valence-electron chi connectivity index (χ4n) is 2.30. The zero-order valence-corrected chi connectivity index (χ0v) is 12.6. The van der Waals surface area contributed by atoms with Crippen molar-refractivity contribution in [1.82, 2.24) is 9.55 Å². The zero-order chi connectivity index (χ0) is 18.0. The molecule has 10 heteroatoms. The number of rotatable bonds is 6. The van der Waals surface area contributed by atoms with Crippen LogP contribution in [0.5, 0.6) is 0 Å². The lowest BCUT2D eigenvalue weighted by Gasteiger charge is -2.30. The molecule has 0 aliphatic carbocycles. The predicted octanol–water partition coefficient (Wildman–Crippen LogP) is 2.58. The van der Waals surface area contributed by atoms with E-state index >= 15 is 0 Å². The van der Waals surface area contributed by atoms with E-state index in [1.165, 1.54) is 37.5 Å². The third-order valence-corrected chi connectivity index (χ3v) is 3.56. The molecular weight excluding hydrogens is 329 g/mol. The number of aromatic nitrogens is 2. The number of nitro benzene ring substituents is 1. The summed E-state index contributed by atoms with van der Waals surface area (Å²) in [5.41, 5.74) is -3.35. The number of aliphatic hydroxyl groups is 1. The van der Waals surface area contributed by atoms with Gasteiger partial charge in [-0.15, -0.1) is 0 Å². The smallest absolute Gasteiger partial charge is 0.379 e. The lowest BCUT2D eigenvalue weighted by atomic mass is 9.97. The number of anilines is 1. The largest absolute Gasteiger partial charge is 0.424 e. The van der Waals surface area contributed by atoms with Gasteiger partial charge in [-0.1, -0.05) is 12.1 Å². The number of hydrogen-bond donors (Lipinski definition) is 2. The molecular formula is C14H15F3N4O3. The van der Waals surface area contributed by atoms with Crippen LogP contribution in [0.2, 0.25) is 0 Å². The van der Waals surface area contributed by atoms with E-state index in [-0.39, 0.29) is 17.9 Å². The summed E-state index contributed by atoms with van der Waals surface area (Å²) in [4.78, 5) is 13.8. The van der Waals surface area contributed by atoms with Crippen molar-refractivity contribution in [2.75, 3.05) is 11.9 Å². The van der Waals surface area contributed by atoms with Crippen LogP contribution in [0.15, 0.2) is 36.7 Å². The highest BCUT2D eigenvalue weighted by atomic mass is 19.4. The van der Waals surface area contributed by atoms with Gasteiger partial charge in [-0.05, 0) is 6.07 Å². The molecule has 1 atom stereocenters. The summed E-state index contributed by atoms with van der Waals surface area (Å²) >= 11 is 0. The van der Waals surface area contributed by atoms with Crippen LogP contribution in [0.25, 0.3) is 0 Å². The van der Waals surface area contributed by atoms with E-state index < -0.39 is 28.9 Å². The highest BCUT2D eigenvalue weighted by molar-refractivity contribution is 5.61. The van der Waals surface area contributed by atoms with Crippen molar-refractivity contribution in [2.45, 2.75) is 18.2 Å². The summed E-state index contributed by atoms with van der Waals surface area (Å²) < 4.78 is 41.1. The van der Waals surface area contributed by atoms with Crippen molar-refractivity contribution in [3.63, 3.8) is 0 Å². The summed E-state index contributed by atoms with van der Waals surface area (Å²) in [6, 6.07) is 5.58. The average molecular weight is 344 g/mol. The van der Waals surface area contributed by atoms with Gasteiger partial charge in [0.15, 0.2) is 0 Å². The normalized spacial score (nSPS) is 14.2. The van der Waals surface area contributed by atoms with Gasteiger partial charge in [0.2, 0.25) is 5.60 Å². The fourth-order valence-corrected chi connectivity index (χ4v) is 2.30. The van der Waals surface area contributed by atoms with Crippen molar-refractivity contribution in [3.8, 4) is 0 Å². The fraction of sp³-hybridized carbons (Fsp3) is 0.357. The molecule has 1 aromatic heterocycles. The van der Waals surface area contributed by atoms with E-state index in [0.29, 0.717) is 0 Å². The van der Waals surface area contributed by atoms with E-state index in [4.69, 9.17) is 0 Å². The number of nitro groups is 1. The maximum absolute atomic E-state index is 13.3. The number of nitrogens with zero attached hydrogens (tertiary/aromatic N) is 3. The van der Waals surface area contributed by atoms with Crippen molar-refractivity contribution in [2.24, 2.45) is 7.05 Å². The molecule has 0 spiro atoms. The maximum atomic E-state index is 13.3. The summed E-state index contributed by atoms with van der Waals surface area (Å²) in [6.07, 6.45) is -3.26. The van der Waals surface area contributed by atoms with E-state index in [2.05, 4.69) is 10.3 Å². The molecule has 2 aromatic rings. The molecule has 0 aliphatic heterocycles. The van der Waals surface area contributed by atoms with Gasteiger partial charge < -0.3 is 15.0 Å². The molecule has 0 bridgehead atoms. The molecule has 24 heavy (non-hydrogen) atoms. The number of para-hydroxylation sites is 2. The van der Waals surface area contributed by atoms with Gasteiger partial charge in [0.1, 0.15) is 11.5 Å². The number of aryl methyl sites for hydroxylation is 1. The van der Waals surface area contributed by atoms with Crippen LogP contribution in [0, 0.1) is 10.1 Å². The molecule has 2 rings (SSSR count). The van der Waals surface area contributed by atoms with Gasteiger partial charge in [-0.2, -0.15) is 13.2 Å². The summed E-state index contributed by atoms with van der Waals surface area (Å²) in [5, 5.41) is 23.6. The van der Waals surface area contributed by atoms with Crippen LogP contribution in [0.4, 0.5) is 24.5 Å². The zero-order valence-electron chi connectivity index (χ0n) is 12.6. The molecule has 0 unspecified atom stereocenters. The number of halogens is 3. The van der Waals surface area contributed by atoms with Gasteiger partial charge in [-0.3, -0.25) is 10.1 Å². The minimum atomic E-state index is -4.95. The minimum absolute atomic E-state index is 0.0758. The maximum Gasteiger partial charge on any atom is 0.424 e. The van der Waals surface area contributed by atoms with Crippen LogP contribution >= 0.6 is 0 Å². The molecule has 0 aliphatic rings. The van der Waals surface area contributed by atoms with Crippen LogP contribution in [0.3, 0.4) is 0 Å². The first-order valence-corrected chi connectivity index (χ1v) is 6.91. The third kappa shape index (κ3) is 3.32. The number of hydrogen-bond acceptors (Lipinski definition) is 5. The second-order valence-electron chi connectivity index (χ2n) is 5.17. The van der Waals surface area contributed by atoms with E-state index in [9.17, 15) is 28.4 Å². The Labute approximate surface area is 134 Å². The average Bonchev–Trinajstić information content (AvgIpc) is 2.93. The summed E-state index contributed by atoms with van der Waals surface area (Å²) in [7, 11) is 1.34. The Hall–Kier alpha value is -2.62. The molecule has 0 amide bonds. The van der Waals surface area contributed by atoms with Crippen LogP contribution in [-0.2, 0) is 12.6 Å². The molecule has 1 aromatic carbocycles. The monoisotopic (exact) mass is 344 g/mol. The standard InChI is InChI=1S/C14H15F3N4O3/c1-20-9-8-19-12(20)13(22,14(15,16)17)6-7-18-10-4-2-3-5-11(10)21(23)24/h2-5,8-9,18,22H,6-7H2,1H3/t13-/m0/s1. The van der Waals surface area contributed by atoms with Crippen LogP contribution in [-0.4, -0.2) is 32.3 Å². The Morgan fingerprint density at radius 2 is 2.04 bits per heavy atom. The topological polar surface area (TPSA) is 93.2 Å². The Kier molecular flexibility index (Phi) is 4.78. The van der Waals surface area contributed by atoms with Crippen molar-refractivity contribution in [3.05, 3.63) is 52.6 Å². The Morgan fingerprint density at radius 3 is 2.58 bits per heavy atom. The van der Waals surface area contributed by atoms with Crippen molar-refractivity contribution >= 4 is 11.4 Å². The number of imidazole rings is 1. The SMILES string of the molecule is Cn1ccnc1[C@@](O)(CCNc1ccccc1[N+](=O)[O-])C(F)(F)F. The van der Waals surface area contributed by atoms with Gasteiger partial charge >= 0.3 is 6.18 Å². The minimum Gasteiger partial charge on any atom is -0.379 e. The number of nitrogens with one attached hydrogen (secondary N) is 1. The quantitative estimate of drug-likeness (QED) is 0.621. The lowest BCUT2D eigenvalue weighted by molar-refractivity contribution is -0.384. The van der Waals surface area contributed by atoms with Crippen LogP contribution < -0.4 is 5.32 Å². The van der Waals surface area contributed by atoms with Crippen molar-refractivity contribution < 1.29 is 23.2 Å². The van der Waals surface area contributed by atoms with E-state index in [1.54, 1.807) is 0 Å². The van der Waals surface area contributed by atoms with Crippen LogP contribution in [0.1, 0.15) is 12.2 Å². The van der Waals surface area contributed by atoms with Gasteiger partial charge in [0.25, 0.3) is 5.69 Å². The van der Waals surface area contributed by atoms with E-state index in [1.807, 2.05) is 0 Å². The Morgan fingerprint density at radius 1 is 1.38 bits per heavy atom. The molecule has 0 saturated heterocycles. The highest BCUT2D eigenvalue weighted by Crippen LogP contribution is 2.40. The molecule has 0 saturated carbocycles. The Bertz CT molecular complexity index is 732. The van der Waals surface area contributed by atoms with Gasteiger partial charge in [0, 0.05) is 38.5 Å². The van der Waals surface area contributed by atoms with Gasteiger partial charge in [0.05, 0.1) is 4.92 Å². The molecule has 7 nitrogen and oxygen atoms in total.